The van der Waals surface area contributed by atoms with Crippen LogP contribution in [-0.4, -0.2) is 46.8 Å². The number of carbonyl (C=O) groups is 1. The van der Waals surface area contributed by atoms with Crippen molar-refractivity contribution in [3.05, 3.63) is 63.9 Å². The van der Waals surface area contributed by atoms with E-state index in [4.69, 9.17) is 14.2 Å². The molecule has 4 aromatic rings. The lowest BCUT2D eigenvalue weighted by molar-refractivity contribution is 0.102. The lowest BCUT2D eigenvalue weighted by Gasteiger charge is -2.14. The predicted octanol–water partition coefficient (Wildman–Crippen LogP) is 2.67. The van der Waals surface area contributed by atoms with Crippen LogP contribution in [0.1, 0.15) is 15.9 Å². The maximum atomic E-state index is 13.0. The number of rotatable bonds is 6. The first-order valence-corrected chi connectivity index (χ1v) is 9.62. The zero-order valence-electron chi connectivity index (χ0n) is 17.9. The van der Waals surface area contributed by atoms with Gasteiger partial charge in [0.2, 0.25) is 11.5 Å². The number of methoxy groups -OCH3 is 3. The second-order valence-corrected chi connectivity index (χ2v) is 6.92. The number of nitrogens with zero attached hydrogens (tertiary/aromatic N) is 3. The number of ether oxygens (including phenoxy) is 3. The van der Waals surface area contributed by atoms with Crippen molar-refractivity contribution in [1.82, 2.24) is 19.6 Å². The number of aryl methyl sites for hydroxylation is 1. The van der Waals surface area contributed by atoms with Gasteiger partial charge in [-0.25, -0.2) is 0 Å². The van der Waals surface area contributed by atoms with Crippen molar-refractivity contribution in [2.75, 3.05) is 26.6 Å². The molecule has 0 saturated heterocycles. The standard InChI is InChI=1S/C22H21N5O5/c1-12-5-7-13(8-6-12)20-25-22-24-18(28)11-17(27(22)26-20)23-21(29)14-9-15(30-2)19(32-4)16(10-14)31-3/h5-11H,1-4H3,(H,23,29)(H,24,25,26,28). The molecule has 0 radical (unpaired) electrons. The highest BCUT2D eigenvalue weighted by Crippen LogP contribution is 2.38. The van der Waals surface area contributed by atoms with Crippen molar-refractivity contribution < 1.29 is 19.0 Å². The second kappa shape index (κ2) is 8.42. The highest BCUT2D eigenvalue weighted by atomic mass is 16.5. The quantitative estimate of drug-likeness (QED) is 0.478. The minimum Gasteiger partial charge on any atom is -0.493 e. The smallest absolute Gasteiger partial charge is 0.257 e. The highest BCUT2D eigenvalue weighted by molar-refractivity contribution is 6.04. The highest BCUT2D eigenvalue weighted by Gasteiger charge is 2.19. The third-order valence-corrected chi connectivity index (χ3v) is 4.82. The van der Waals surface area contributed by atoms with E-state index in [1.807, 2.05) is 31.2 Å². The topological polar surface area (TPSA) is 120 Å². The van der Waals surface area contributed by atoms with Crippen LogP contribution in [0.3, 0.4) is 0 Å². The average Bonchev–Trinajstić information content (AvgIpc) is 3.22. The van der Waals surface area contributed by atoms with Crippen molar-refractivity contribution >= 4 is 17.5 Å². The summed E-state index contributed by atoms with van der Waals surface area (Å²) in [5.41, 5.74) is 1.69. The van der Waals surface area contributed by atoms with Crippen LogP contribution in [0.15, 0.2) is 47.3 Å². The Hall–Kier alpha value is -4.34. The summed E-state index contributed by atoms with van der Waals surface area (Å²) < 4.78 is 17.3. The molecule has 0 spiro atoms. The minimum absolute atomic E-state index is 0.161. The van der Waals surface area contributed by atoms with Gasteiger partial charge in [-0.2, -0.15) is 9.50 Å². The van der Waals surface area contributed by atoms with Crippen LogP contribution in [0.4, 0.5) is 5.82 Å². The maximum Gasteiger partial charge on any atom is 0.257 e. The van der Waals surface area contributed by atoms with E-state index in [2.05, 4.69) is 20.4 Å². The summed E-state index contributed by atoms with van der Waals surface area (Å²) >= 11 is 0. The van der Waals surface area contributed by atoms with Gasteiger partial charge in [0.05, 0.1) is 21.3 Å². The van der Waals surface area contributed by atoms with Gasteiger partial charge < -0.3 is 19.5 Å². The van der Waals surface area contributed by atoms with Gasteiger partial charge in [-0.15, -0.1) is 5.10 Å². The number of amides is 1. The Kier molecular flexibility index (Phi) is 5.50. The first-order chi connectivity index (χ1) is 15.4. The van der Waals surface area contributed by atoms with Gasteiger partial charge in [0, 0.05) is 17.2 Å². The summed E-state index contributed by atoms with van der Waals surface area (Å²) in [6.07, 6.45) is 0. The Morgan fingerprint density at radius 1 is 1.00 bits per heavy atom. The summed E-state index contributed by atoms with van der Waals surface area (Å²) in [6.45, 7) is 1.98. The van der Waals surface area contributed by atoms with E-state index in [1.54, 1.807) is 0 Å². The van der Waals surface area contributed by atoms with Crippen molar-refractivity contribution in [2.24, 2.45) is 0 Å². The predicted molar refractivity (Wildman–Crippen MR) is 118 cm³/mol. The van der Waals surface area contributed by atoms with Gasteiger partial charge in [0.25, 0.3) is 11.5 Å². The van der Waals surface area contributed by atoms with Crippen LogP contribution < -0.4 is 25.1 Å². The van der Waals surface area contributed by atoms with Gasteiger partial charge >= 0.3 is 0 Å². The van der Waals surface area contributed by atoms with Crippen LogP contribution in [0.25, 0.3) is 17.2 Å². The van der Waals surface area contributed by atoms with E-state index in [0.29, 0.717) is 23.1 Å². The number of carbonyl (C=O) groups excluding carboxylic acids is 1. The molecule has 2 N–H and O–H groups in total. The zero-order valence-corrected chi connectivity index (χ0v) is 17.9. The summed E-state index contributed by atoms with van der Waals surface area (Å²) in [4.78, 5) is 32.1. The summed E-state index contributed by atoms with van der Waals surface area (Å²) in [6, 6.07) is 11.9. The molecule has 10 nitrogen and oxygen atoms in total. The first kappa shape index (κ1) is 20.9. The average molecular weight is 435 g/mol. The number of benzene rings is 2. The van der Waals surface area contributed by atoms with Gasteiger partial charge in [0.1, 0.15) is 5.82 Å². The van der Waals surface area contributed by atoms with Crippen LogP contribution in [0.5, 0.6) is 17.2 Å². The molecular formula is C22H21N5O5. The van der Waals surface area contributed by atoms with Gasteiger partial charge in [-0.05, 0) is 19.1 Å². The number of fused-ring (bicyclic) bond motifs is 1. The summed E-state index contributed by atoms with van der Waals surface area (Å²) in [5.74, 6) is 1.30. The molecule has 0 atom stereocenters. The van der Waals surface area contributed by atoms with E-state index >= 15 is 0 Å². The third-order valence-electron chi connectivity index (χ3n) is 4.82. The lowest BCUT2D eigenvalue weighted by Crippen LogP contribution is -2.19. The number of anilines is 1. The van der Waals surface area contributed by atoms with E-state index in [-0.39, 0.29) is 17.2 Å². The molecule has 2 heterocycles. The summed E-state index contributed by atoms with van der Waals surface area (Å²) in [5, 5.41) is 7.15. The van der Waals surface area contributed by atoms with E-state index in [9.17, 15) is 9.59 Å². The van der Waals surface area contributed by atoms with Crippen molar-refractivity contribution in [3.63, 3.8) is 0 Å². The molecular weight excluding hydrogens is 414 g/mol. The zero-order chi connectivity index (χ0) is 22.8. The largest absolute Gasteiger partial charge is 0.493 e. The number of H-pyrrole nitrogens is 1. The molecule has 0 aliphatic rings. The number of hydrogen-bond acceptors (Lipinski definition) is 7. The monoisotopic (exact) mass is 435 g/mol. The molecule has 0 saturated carbocycles. The maximum absolute atomic E-state index is 13.0. The molecule has 2 aromatic heterocycles. The Morgan fingerprint density at radius 2 is 1.66 bits per heavy atom. The first-order valence-electron chi connectivity index (χ1n) is 9.62. The van der Waals surface area contributed by atoms with E-state index in [1.165, 1.54) is 44.0 Å². The number of aromatic amines is 1. The number of aromatic nitrogens is 4. The number of nitrogens with one attached hydrogen (secondary N) is 2. The molecule has 10 heteroatoms. The fourth-order valence-corrected chi connectivity index (χ4v) is 3.21. The van der Waals surface area contributed by atoms with Crippen LogP contribution in [0.2, 0.25) is 0 Å². The van der Waals surface area contributed by atoms with Crippen molar-refractivity contribution in [1.29, 1.82) is 0 Å². The van der Waals surface area contributed by atoms with Crippen molar-refractivity contribution in [3.8, 4) is 28.6 Å². The fraction of sp³-hybridized carbons (Fsp3) is 0.182. The molecule has 0 fully saturated rings. The van der Waals surface area contributed by atoms with E-state index in [0.717, 1.165) is 11.1 Å². The minimum atomic E-state index is -0.497. The van der Waals surface area contributed by atoms with Crippen LogP contribution in [-0.2, 0) is 0 Å². The normalized spacial score (nSPS) is 10.8. The Bertz CT molecular complexity index is 1330. The summed E-state index contributed by atoms with van der Waals surface area (Å²) in [7, 11) is 4.39. The van der Waals surface area contributed by atoms with Gasteiger partial charge in [0.15, 0.2) is 17.3 Å². The molecule has 1 amide bonds. The SMILES string of the molecule is COc1cc(C(=O)Nc2cc(=O)[nH]c3nc(-c4ccc(C)cc4)nn23)cc(OC)c1OC. The molecule has 164 valence electrons. The molecule has 0 aliphatic carbocycles. The van der Waals surface area contributed by atoms with E-state index < -0.39 is 11.5 Å². The van der Waals surface area contributed by atoms with Gasteiger partial charge in [-0.3, -0.25) is 14.6 Å². The van der Waals surface area contributed by atoms with Crippen LogP contribution >= 0.6 is 0 Å². The molecule has 2 aromatic carbocycles. The van der Waals surface area contributed by atoms with Crippen molar-refractivity contribution in [2.45, 2.75) is 6.92 Å². The van der Waals surface area contributed by atoms with Crippen LogP contribution in [0, 0.1) is 6.92 Å². The molecule has 0 bridgehead atoms. The Morgan fingerprint density at radius 3 is 2.25 bits per heavy atom. The Labute approximate surface area is 182 Å². The van der Waals surface area contributed by atoms with Gasteiger partial charge in [-0.1, -0.05) is 29.8 Å². The third kappa shape index (κ3) is 3.85. The molecule has 4 rings (SSSR count). The molecule has 0 unspecified atom stereocenters. The molecule has 32 heavy (non-hydrogen) atoms. The lowest BCUT2D eigenvalue weighted by atomic mass is 10.1. The number of hydrogen-bond donors (Lipinski definition) is 2. The Balaban J connectivity index is 1.73. The second-order valence-electron chi connectivity index (χ2n) is 6.92. The fourth-order valence-electron chi connectivity index (χ4n) is 3.21. The molecule has 0 aliphatic heterocycles.